The summed E-state index contributed by atoms with van der Waals surface area (Å²) in [5.41, 5.74) is 0. The minimum Gasteiger partial charge on any atom is -0.372 e. The quantitative estimate of drug-likeness (QED) is 0.754. The van der Waals surface area contributed by atoms with Crippen LogP contribution < -0.4 is 10.0 Å². The van der Waals surface area contributed by atoms with Crippen molar-refractivity contribution in [3.05, 3.63) is 30.7 Å². The van der Waals surface area contributed by atoms with E-state index in [9.17, 15) is 8.42 Å². The van der Waals surface area contributed by atoms with Crippen LogP contribution in [0.4, 0.5) is 5.82 Å². The Kier molecular flexibility index (Phi) is 4.07. The van der Waals surface area contributed by atoms with Crippen molar-refractivity contribution in [3.8, 4) is 0 Å². The highest BCUT2D eigenvalue weighted by Gasteiger charge is 2.17. The summed E-state index contributed by atoms with van der Waals surface area (Å²) in [5, 5.41) is 10.1. The SMILES string of the molecule is CNc1ncccc1S(=O)(=O)NCCn1ccnn1. The standard InChI is InChI=1S/C10H14N6O2S/c1-11-10-9(3-2-4-12-10)19(17,18)14-6-8-16-7-5-13-15-16/h2-5,7,14H,6,8H2,1H3,(H,11,12). The zero-order valence-corrected chi connectivity index (χ0v) is 11.1. The maximum absolute atomic E-state index is 12.1. The van der Waals surface area contributed by atoms with E-state index in [-0.39, 0.29) is 11.4 Å². The van der Waals surface area contributed by atoms with Gasteiger partial charge in [0.15, 0.2) is 0 Å². The summed E-state index contributed by atoms with van der Waals surface area (Å²) in [6.45, 7) is 0.637. The number of hydrogen-bond donors (Lipinski definition) is 2. The predicted octanol–water partition coefficient (Wildman–Crippen LogP) is -0.307. The second-order valence-electron chi connectivity index (χ2n) is 3.66. The van der Waals surface area contributed by atoms with Gasteiger partial charge in [0, 0.05) is 26.0 Å². The van der Waals surface area contributed by atoms with Crippen molar-refractivity contribution < 1.29 is 8.42 Å². The van der Waals surface area contributed by atoms with Gasteiger partial charge in [-0.2, -0.15) is 0 Å². The molecule has 0 fully saturated rings. The normalized spacial score (nSPS) is 11.4. The third-order valence-electron chi connectivity index (χ3n) is 2.40. The molecule has 9 heteroatoms. The molecule has 0 aliphatic carbocycles. The smallest absolute Gasteiger partial charge is 0.244 e. The topological polar surface area (TPSA) is 102 Å². The molecule has 2 rings (SSSR count). The Morgan fingerprint density at radius 3 is 2.89 bits per heavy atom. The molecule has 0 saturated carbocycles. The van der Waals surface area contributed by atoms with Crippen LogP contribution in [-0.2, 0) is 16.6 Å². The molecule has 0 atom stereocenters. The lowest BCUT2D eigenvalue weighted by molar-refractivity contribution is 0.553. The zero-order valence-electron chi connectivity index (χ0n) is 10.3. The van der Waals surface area contributed by atoms with E-state index in [1.165, 1.54) is 18.5 Å². The summed E-state index contributed by atoms with van der Waals surface area (Å²) in [6, 6.07) is 3.07. The Bertz CT molecular complexity index is 625. The largest absolute Gasteiger partial charge is 0.372 e. The molecular weight excluding hydrogens is 268 g/mol. The lowest BCUT2D eigenvalue weighted by atomic mass is 10.5. The van der Waals surface area contributed by atoms with E-state index in [2.05, 4.69) is 25.3 Å². The lowest BCUT2D eigenvalue weighted by Crippen LogP contribution is -2.28. The first-order valence-corrected chi connectivity index (χ1v) is 7.08. The van der Waals surface area contributed by atoms with E-state index in [4.69, 9.17) is 0 Å². The van der Waals surface area contributed by atoms with Crippen molar-refractivity contribution >= 4 is 15.8 Å². The zero-order chi connectivity index (χ0) is 13.7. The number of nitrogens with zero attached hydrogens (tertiary/aromatic N) is 4. The van der Waals surface area contributed by atoms with E-state index >= 15 is 0 Å². The number of aromatic nitrogens is 4. The van der Waals surface area contributed by atoms with E-state index in [0.717, 1.165) is 0 Å². The van der Waals surface area contributed by atoms with Gasteiger partial charge in [-0.25, -0.2) is 18.1 Å². The van der Waals surface area contributed by atoms with Crippen LogP contribution in [0.1, 0.15) is 0 Å². The van der Waals surface area contributed by atoms with Gasteiger partial charge < -0.3 is 5.32 Å². The van der Waals surface area contributed by atoms with E-state index < -0.39 is 10.0 Å². The molecular formula is C10H14N6O2S. The Labute approximate surface area is 110 Å². The molecule has 0 bridgehead atoms. The first kappa shape index (κ1) is 13.4. The van der Waals surface area contributed by atoms with Gasteiger partial charge >= 0.3 is 0 Å². The van der Waals surface area contributed by atoms with E-state index in [0.29, 0.717) is 12.4 Å². The van der Waals surface area contributed by atoms with Crippen molar-refractivity contribution in [2.45, 2.75) is 11.4 Å². The fourth-order valence-electron chi connectivity index (χ4n) is 1.52. The maximum atomic E-state index is 12.1. The highest BCUT2D eigenvalue weighted by atomic mass is 32.2. The van der Waals surface area contributed by atoms with Crippen LogP contribution in [0.25, 0.3) is 0 Å². The first-order valence-electron chi connectivity index (χ1n) is 5.60. The number of sulfonamides is 1. The van der Waals surface area contributed by atoms with Crippen molar-refractivity contribution in [2.75, 3.05) is 18.9 Å². The number of anilines is 1. The Morgan fingerprint density at radius 1 is 1.37 bits per heavy atom. The molecule has 102 valence electrons. The minimum absolute atomic E-state index is 0.121. The molecule has 0 saturated heterocycles. The van der Waals surface area contributed by atoms with E-state index in [1.807, 2.05) is 0 Å². The highest BCUT2D eigenvalue weighted by molar-refractivity contribution is 7.89. The Balaban J connectivity index is 2.05. The molecule has 0 radical (unpaired) electrons. The summed E-state index contributed by atoms with van der Waals surface area (Å²) >= 11 is 0. The highest BCUT2D eigenvalue weighted by Crippen LogP contribution is 2.16. The molecule has 2 heterocycles. The molecule has 0 aromatic carbocycles. The second-order valence-corrected chi connectivity index (χ2v) is 5.40. The number of pyridine rings is 1. The monoisotopic (exact) mass is 282 g/mol. The van der Waals surface area contributed by atoms with Crippen molar-refractivity contribution in [3.63, 3.8) is 0 Å². The Hall–Kier alpha value is -2.00. The second kappa shape index (κ2) is 5.76. The van der Waals surface area contributed by atoms with Gasteiger partial charge in [0.25, 0.3) is 0 Å². The van der Waals surface area contributed by atoms with E-state index in [1.54, 1.807) is 24.0 Å². The van der Waals surface area contributed by atoms with Crippen molar-refractivity contribution in [2.24, 2.45) is 0 Å². The molecule has 0 aliphatic heterocycles. The van der Waals surface area contributed by atoms with Crippen LogP contribution in [0.3, 0.4) is 0 Å². The average molecular weight is 282 g/mol. The fourth-order valence-corrected chi connectivity index (χ4v) is 2.70. The van der Waals surface area contributed by atoms with Crippen LogP contribution in [0.5, 0.6) is 0 Å². The van der Waals surface area contributed by atoms with Gasteiger partial charge in [-0.3, -0.25) is 4.68 Å². The average Bonchev–Trinajstić information content (AvgIpc) is 2.91. The van der Waals surface area contributed by atoms with Gasteiger partial charge in [-0.1, -0.05) is 5.21 Å². The van der Waals surface area contributed by atoms with Crippen LogP contribution >= 0.6 is 0 Å². The Morgan fingerprint density at radius 2 is 2.21 bits per heavy atom. The van der Waals surface area contributed by atoms with Crippen LogP contribution in [0.2, 0.25) is 0 Å². The summed E-state index contributed by atoms with van der Waals surface area (Å²) < 4.78 is 28.2. The third kappa shape index (κ3) is 3.26. The number of hydrogen-bond acceptors (Lipinski definition) is 6. The third-order valence-corrected chi connectivity index (χ3v) is 3.89. The molecule has 0 aliphatic rings. The molecule has 2 aromatic heterocycles. The summed E-state index contributed by atoms with van der Waals surface area (Å²) in [4.78, 5) is 4.08. The minimum atomic E-state index is -3.59. The molecule has 2 aromatic rings. The molecule has 19 heavy (non-hydrogen) atoms. The lowest BCUT2D eigenvalue weighted by Gasteiger charge is -2.09. The molecule has 8 nitrogen and oxygen atoms in total. The fraction of sp³-hybridized carbons (Fsp3) is 0.300. The summed E-state index contributed by atoms with van der Waals surface area (Å²) in [6.07, 6.45) is 4.73. The van der Waals surface area contributed by atoms with Gasteiger partial charge in [0.2, 0.25) is 10.0 Å². The molecule has 0 unspecified atom stereocenters. The van der Waals surface area contributed by atoms with Gasteiger partial charge in [-0.05, 0) is 12.1 Å². The predicted molar refractivity (Wildman–Crippen MR) is 69.0 cm³/mol. The molecule has 2 N–H and O–H groups in total. The summed E-state index contributed by atoms with van der Waals surface area (Å²) in [5.74, 6) is 0.316. The number of rotatable bonds is 6. The molecule has 0 amide bonds. The van der Waals surface area contributed by atoms with Gasteiger partial charge in [-0.15, -0.1) is 5.10 Å². The first-order chi connectivity index (χ1) is 9.13. The van der Waals surface area contributed by atoms with Crippen molar-refractivity contribution in [1.82, 2.24) is 24.7 Å². The molecule has 0 spiro atoms. The van der Waals surface area contributed by atoms with Crippen LogP contribution in [-0.4, -0.2) is 42.0 Å². The maximum Gasteiger partial charge on any atom is 0.244 e. The summed E-state index contributed by atoms with van der Waals surface area (Å²) in [7, 11) is -1.97. The van der Waals surface area contributed by atoms with Crippen LogP contribution in [0, 0.1) is 0 Å². The van der Waals surface area contributed by atoms with Gasteiger partial charge in [0.05, 0.1) is 12.7 Å². The van der Waals surface area contributed by atoms with Crippen LogP contribution in [0.15, 0.2) is 35.6 Å². The van der Waals surface area contributed by atoms with Crippen molar-refractivity contribution in [1.29, 1.82) is 0 Å². The van der Waals surface area contributed by atoms with Gasteiger partial charge in [0.1, 0.15) is 10.7 Å². The number of nitrogens with one attached hydrogen (secondary N) is 2.